The van der Waals surface area contributed by atoms with E-state index in [1.54, 1.807) is 13.2 Å². The molecule has 10 heteroatoms. The van der Waals surface area contributed by atoms with E-state index in [0.29, 0.717) is 12.1 Å². The monoisotopic (exact) mass is 400 g/mol. The van der Waals surface area contributed by atoms with Crippen molar-refractivity contribution in [2.75, 3.05) is 12.9 Å². The Balaban J connectivity index is 1.53. The number of ether oxygens (including phenoxy) is 1. The topological polar surface area (TPSA) is 120 Å². The molecule has 0 fully saturated rings. The molecule has 0 saturated carbocycles. The number of carbonyl (C=O) groups excluding carboxylic acids is 1. The predicted molar refractivity (Wildman–Crippen MR) is 102 cm³/mol. The fourth-order valence-electron chi connectivity index (χ4n) is 2.30. The summed E-state index contributed by atoms with van der Waals surface area (Å²) in [7, 11) is 1.58. The number of hydrogen-bond donors (Lipinski definition) is 1. The molecule has 0 radical (unpaired) electrons. The van der Waals surface area contributed by atoms with Crippen molar-refractivity contribution in [2.45, 2.75) is 11.8 Å². The van der Waals surface area contributed by atoms with Gasteiger partial charge < -0.3 is 14.5 Å². The molecule has 0 aliphatic rings. The maximum absolute atomic E-state index is 12.0. The SMILES string of the molecule is COc1cccc(CNC(=O)CSc2nnc(-c3cccc([N+](=O)[O-])c3)o2)c1. The highest BCUT2D eigenvalue weighted by atomic mass is 32.2. The van der Waals surface area contributed by atoms with Crippen LogP contribution >= 0.6 is 11.8 Å². The first-order valence-corrected chi connectivity index (χ1v) is 9.14. The van der Waals surface area contributed by atoms with Gasteiger partial charge in [0.1, 0.15) is 5.75 Å². The van der Waals surface area contributed by atoms with E-state index in [1.165, 1.54) is 18.2 Å². The zero-order chi connectivity index (χ0) is 19.9. The van der Waals surface area contributed by atoms with Crippen LogP contribution in [0.5, 0.6) is 5.75 Å². The Morgan fingerprint density at radius 3 is 2.86 bits per heavy atom. The molecule has 3 rings (SSSR count). The normalized spacial score (nSPS) is 10.5. The summed E-state index contributed by atoms with van der Waals surface area (Å²) in [6.07, 6.45) is 0. The molecule has 0 unspecified atom stereocenters. The van der Waals surface area contributed by atoms with Crippen molar-refractivity contribution in [3.63, 3.8) is 0 Å². The third kappa shape index (κ3) is 5.07. The highest BCUT2D eigenvalue weighted by molar-refractivity contribution is 7.99. The first-order valence-electron chi connectivity index (χ1n) is 8.16. The Bertz CT molecular complexity index is 991. The molecule has 0 saturated heterocycles. The molecule has 0 spiro atoms. The van der Waals surface area contributed by atoms with E-state index >= 15 is 0 Å². The Labute approximate surface area is 164 Å². The Morgan fingerprint density at radius 1 is 1.25 bits per heavy atom. The van der Waals surface area contributed by atoms with Gasteiger partial charge in [-0.3, -0.25) is 14.9 Å². The zero-order valence-electron chi connectivity index (χ0n) is 14.8. The largest absolute Gasteiger partial charge is 0.497 e. The lowest BCUT2D eigenvalue weighted by Crippen LogP contribution is -2.24. The number of hydrogen-bond acceptors (Lipinski definition) is 8. The predicted octanol–water partition coefficient (Wildman–Crippen LogP) is 3.06. The van der Waals surface area contributed by atoms with Crippen molar-refractivity contribution >= 4 is 23.4 Å². The maximum atomic E-state index is 12.0. The van der Waals surface area contributed by atoms with E-state index in [1.807, 2.05) is 24.3 Å². The number of aromatic nitrogens is 2. The number of nitro benzene ring substituents is 1. The Kier molecular flexibility index (Phi) is 6.22. The van der Waals surface area contributed by atoms with Crippen molar-refractivity contribution in [1.82, 2.24) is 15.5 Å². The third-order valence-electron chi connectivity index (χ3n) is 3.66. The summed E-state index contributed by atoms with van der Waals surface area (Å²) >= 11 is 1.09. The molecule has 28 heavy (non-hydrogen) atoms. The number of nitrogens with zero attached hydrogens (tertiary/aromatic N) is 3. The van der Waals surface area contributed by atoms with Gasteiger partial charge >= 0.3 is 0 Å². The van der Waals surface area contributed by atoms with Crippen molar-refractivity contribution in [2.24, 2.45) is 0 Å². The quantitative estimate of drug-likeness (QED) is 0.348. The van der Waals surface area contributed by atoms with Crippen LogP contribution in [0.15, 0.2) is 58.2 Å². The number of carbonyl (C=O) groups is 1. The van der Waals surface area contributed by atoms with E-state index in [2.05, 4.69) is 15.5 Å². The standard InChI is InChI=1S/C18H16N4O5S/c1-26-15-7-2-4-12(8-15)10-19-16(23)11-28-18-21-20-17(27-18)13-5-3-6-14(9-13)22(24)25/h2-9H,10-11H2,1H3,(H,19,23). The zero-order valence-corrected chi connectivity index (χ0v) is 15.6. The van der Waals surface area contributed by atoms with Gasteiger partial charge in [-0.05, 0) is 23.8 Å². The van der Waals surface area contributed by atoms with Gasteiger partial charge in [-0.2, -0.15) is 0 Å². The number of thioether (sulfide) groups is 1. The molecule has 2 aromatic carbocycles. The van der Waals surface area contributed by atoms with Crippen LogP contribution in [0.1, 0.15) is 5.56 Å². The maximum Gasteiger partial charge on any atom is 0.277 e. The molecule has 0 aliphatic heterocycles. The smallest absolute Gasteiger partial charge is 0.277 e. The van der Waals surface area contributed by atoms with E-state index in [4.69, 9.17) is 9.15 Å². The fourth-order valence-corrected chi connectivity index (χ4v) is 2.89. The van der Waals surface area contributed by atoms with Crippen LogP contribution < -0.4 is 10.1 Å². The average Bonchev–Trinajstić information content (AvgIpc) is 3.20. The number of amides is 1. The number of benzene rings is 2. The van der Waals surface area contributed by atoms with Crippen LogP contribution in [-0.4, -0.2) is 33.9 Å². The molecule has 9 nitrogen and oxygen atoms in total. The number of methoxy groups -OCH3 is 1. The van der Waals surface area contributed by atoms with Gasteiger partial charge in [0.15, 0.2) is 0 Å². The minimum absolute atomic E-state index is 0.0678. The summed E-state index contributed by atoms with van der Waals surface area (Å²) in [5.41, 5.74) is 1.29. The lowest BCUT2D eigenvalue weighted by atomic mass is 10.2. The van der Waals surface area contributed by atoms with Crippen LogP contribution in [0.25, 0.3) is 11.5 Å². The first-order chi connectivity index (χ1) is 13.5. The van der Waals surface area contributed by atoms with Gasteiger partial charge in [-0.1, -0.05) is 30.0 Å². The Hall–Kier alpha value is -3.40. The van der Waals surface area contributed by atoms with Gasteiger partial charge in [0.25, 0.3) is 10.9 Å². The number of nitro groups is 1. The third-order valence-corrected chi connectivity index (χ3v) is 4.48. The molecule has 0 bridgehead atoms. The molecular weight excluding hydrogens is 384 g/mol. The summed E-state index contributed by atoms with van der Waals surface area (Å²) in [6.45, 7) is 0.374. The number of non-ortho nitro benzene ring substituents is 1. The lowest BCUT2D eigenvalue weighted by Gasteiger charge is -2.06. The molecular formula is C18H16N4O5S. The second kappa shape index (κ2) is 9.00. The minimum Gasteiger partial charge on any atom is -0.497 e. The van der Waals surface area contributed by atoms with Gasteiger partial charge in [0.2, 0.25) is 11.8 Å². The molecule has 1 amide bonds. The van der Waals surface area contributed by atoms with Gasteiger partial charge in [0, 0.05) is 24.2 Å². The molecule has 144 valence electrons. The van der Waals surface area contributed by atoms with Crippen LogP contribution in [0.3, 0.4) is 0 Å². The molecule has 1 aromatic heterocycles. The first kappa shape index (κ1) is 19.4. The number of nitrogens with one attached hydrogen (secondary N) is 1. The van der Waals surface area contributed by atoms with Crippen LogP contribution in [-0.2, 0) is 11.3 Å². The van der Waals surface area contributed by atoms with Crippen molar-refractivity contribution in [3.8, 4) is 17.2 Å². The Morgan fingerprint density at radius 2 is 2.07 bits per heavy atom. The van der Waals surface area contributed by atoms with Crippen molar-refractivity contribution < 1.29 is 18.9 Å². The fraction of sp³-hybridized carbons (Fsp3) is 0.167. The minimum atomic E-state index is -0.498. The van der Waals surface area contributed by atoms with Gasteiger partial charge in [-0.25, -0.2) is 0 Å². The van der Waals surface area contributed by atoms with Crippen LogP contribution in [0, 0.1) is 10.1 Å². The van der Waals surface area contributed by atoms with Crippen molar-refractivity contribution in [1.29, 1.82) is 0 Å². The summed E-state index contributed by atoms with van der Waals surface area (Å²) < 4.78 is 10.6. The second-order valence-electron chi connectivity index (χ2n) is 5.60. The van der Waals surface area contributed by atoms with Crippen LogP contribution in [0.4, 0.5) is 5.69 Å². The van der Waals surface area contributed by atoms with Gasteiger partial charge in [-0.15, -0.1) is 10.2 Å². The van der Waals surface area contributed by atoms with E-state index < -0.39 is 4.92 Å². The summed E-state index contributed by atoms with van der Waals surface area (Å²) in [4.78, 5) is 22.4. The lowest BCUT2D eigenvalue weighted by molar-refractivity contribution is -0.384. The van der Waals surface area contributed by atoms with E-state index in [0.717, 1.165) is 23.1 Å². The molecule has 0 aliphatic carbocycles. The van der Waals surface area contributed by atoms with Crippen LogP contribution in [0.2, 0.25) is 0 Å². The van der Waals surface area contributed by atoms with E-state index in [9.17, 15) is 14.9 Å². The molecule has 1 heterocycles. The molecule has 0 atom stereocenters. The van der Waals surface area contributed by atoms with Crippen molar-refractivity contribution in [3.05, 3.63) is 64.2 Å². The van der Waals surface area contributed by atoms with Gasteiger partial charge in [0.05, 0.1) is 17.8 Å². The number of rotatable bonds is 8. The summed E-state index contributed by atoms with van der Waals surface area (Å²) in [5, 5.41) is 21.6. The molecule has 1 N–H and O–H groups in total. The molecule has 3 aromatic rings. The summed E-state index contributed by atoms with van der Waals surface area (Å²) in [6, 6.07) is 13.3. The highest BCUT2D eigenvalue weighted by Crippen LogP contribution is 2.25. The summed E-state index contributed by atoms with van der Waals surface area (Å²) in [5.74, 6) is 0.784. The second-order valence-corrected chi connectivity index (χ2v) is 6.52. The van der Waals surface area contributed by atoms with E-state index in [-0.39, 0.29) is 28.5 Å². The average molecular weight is 400 g/mol. The highest BCUT2D eigenvalue weighted by Gasteiger charge is 2.14.